The second-order valence-electron chi connectivity index (χ2n) is 4.07. The SMILES string of the molecule is Nc1ccc2nc(Cn3ccc(=O)[nH]c3=O)oc2c1. The molecule has 7 heteroatoms. The number of aromatic amines is 1. The zero-order valence-corrected chi connectivity index (χ0v) is 9.79. The van der Waals surface area contributed by atoms with Crippen LogP contribution in [0.2, 0.25) is 0 Å². The predicted octanol–water partition coefficient (Wildman–Crippen LogP) is 0.308. The second-order valence-corrected chi connectivity index (χ2v) is 4.07. The average Bonchev–Trinajstić information content (AvgIpc) is 2.74. The predicted molar refractivity (Wildman–Crippen MR) is 68.8 cm³/mol. The van der Waals surface area contributed by atoms with Crippen LogP contribution in [-0.2, 0) is 6.54 Å². The van der Waals surface area contributed by atoms with E-state index in [0.717, 1.165) is 0 Å². The number of hydrogen-bond acceptors (Lipinski definition) is 5. The van der Waals surface area contributed by atoms with Gasteiger partial charge in [-0.1, -0.05) is 0 Å². The summed E-state index contributed by atoms with van der Waals surface area (Å²) in [4.78, 5) is 28.9. The van der Waals surface area contributed by atoms with Crippen molar-refractivity contribution in [3.05, 3.63) is 57.2 Å². The van der Waals surface area contributed by atoms with Gasteiger partial charge in [0, 0.05) is 24.0 Å². The topological polar surface area (TPSA) is 107 Å². The molecule has 2 aromatic heterocycles. The summed E-state index contributed by atoms with van der Waals surface area (Å²) in [5, 5.41) is 0. The Balaban J connectivity index is 2.01. The smallest absolute Gasteiger partial charge is 0.328 e. The van der Waals surface area contributed by atoms with Crippen molar-refractivity contribution in [3.8, 4) is 0 Å². The Kier molecular flexibility index (Phi) is 2.45. The van der Waals surface area contributed by atoms with Crippen molar-refractivity contribution in [1.29, 1.82) is 0 Å². The summed E-state index contributed by atoms with van der Waals surface area (Å²) in [5.74, 6) is 0.370. The Bertz CT molecular complexity index is 859. The summed E-state index contributed by atoms with van der Waals surface area (Å²) in [5.41, 5.74) is 6.51. The van der Waals surface area contributed by atoms with Crippen LogP contribution in [0.25, 0.3) is 11.1 Å². The third kappa shape index (κ3) is 2.13. The van der Waals surface area contributed by atoms with Crippen LogP contribution in [0, 0.1) is 0 Å². The van der Waals surface area contributed by atoms with Crippen molar-refractivity contribution < 1.29 is 4.42 Å². The molecule has 0 aliphatic rings. The highest BCUT2D eigenvalue weighted by atomic mass is 16.3. The van der Waals surface area contributed by atoms with Gasteiger partial charge >= 0.3 is 5.69 Å². The molecule has 0 saturated heterocycles. The van der Waals surface area contributed by atoms with Gasteiger partial charge < -0.3 is 10.2 Å². The molecule has 0 atom stereocenters. The van der Waals surface area contributed by atoms with Crippen LogP contribution in [0.4, 0.5) is 5.69 Å². The molecule has 19 heavy (non-hydrogen) atoms. The number of aromatic nitrogens is 3. The fourth-order valence-corrected chi connectivity index (χ4v) is 1.77. The minimum absolute atomic E-state index is 0.143. The summed E-state index contributed by atoms with van der Waals surface area (Å²) in [6, 6.07) is 6.40. The molecule has 96 valence electrons. The first kappa shape index (κ1) is 11.3. The number of nitrogens with one attached hydrogen (secondary N) is 1. The first-order valence-corrected chi connectivity index (χ1v) is 5.56. The number of hydrogen-bond donors (Lipinski definition) is 2. The number of nitrogens with zero attached hydrogens (tertiary/aromatic N) is 2. The molecule has 0 spiro atoms. The van der Waals surface area contributed by atoms with Crippen molar-refractivity contribution in [2.75, 3.05) is 5.73 Å². The second kappa shape index (κ2) is 4.13. The molecular formula is C12H10N4O3. The van der Waals surface area contributed by atoms with Crippen LogP contribution in [0.3, 0.4) is 0 Å². The number of benzene rings is 1. The third-order valence-electron chi connectivity index (χ3n) is 2.66. The normalized spacial score (nSPS) is 10.9. The molecule has 0 saturated carbocycles. The van der Waals surface area contributed by atoms with Gasteiger partial charge in [-0.15, -0.1) is 0 Å². The zero-order chi connectivity index (χ0) is 13.4. The Hall–Kier alpha value is -2.83. The van der Waals surface area contributed by atoms with Gasteiger partial charge in [0.15, 0.2) is 5.58 Å². The number of H-pyrrole nitrogens is 1. The van der Waals surface area contributed by atoms with E-state index in [0.29, 0.717) is 22.7 Å². The number of nitrogens with two attached hydrogens (primary N) is 1. The van der Waals surface area contributed by atoms with E-state index in [1.165, 1.54) is 16.8 Å². The maximum absolute atomic E-state index is 11.5. The lowest BCUT2D eigenvalue weighted by atomic mass is 10.3. The van der Waals surface area contributed by atoms with Crippen LogP contribution in [-0.4, -0.2) is 14.5 Å². The number of fused-ring (bicyclic) bond motifs is 1. The first-order valence-electron chi connectivity index (χ1n) is 5.56. The molecule has 2 heterocycles. The molecule has 0 radical (unpaired) electrons. The number of rotatable bonds is 2. The van der Waals surface area contributed by atoms with Gasteiger partial charge in [0.2, 0.25) is 5.89 Å². The van der Waals surface area contributed by atoms with E-state index in [4.69, 9.17) is 10.2 Å². The van der Waals surface area contributed by atoms with Crippen LogP contribution >= 0.6 is 0 Å². The van der Waals surface area contributed by atoms with Crippen LogP contribution in [0.5, 0.6) is 0 Å². The lowest BCUT2D eigenvalue weighted by Crippen LogP contribution is -2.28. The van der Waals surface area contributed by atoms with E-state index in [9.17, 15) is 9.59 Å². The standard InChI is InChI=1S/C12H10N4O3/c13-7-1-2-8-9(5-7)19-11(14-8)6-16-4-3-10(17)15-12(16)18/h1-5H,6,13H2,(H,15,17,18). The minimum atomic E-state index is -0.505. The van der Waals surface area contributed by atoms with E-state index in [2.05, 4.69) is 9.97 Å². The summed E-state index contributed by atoms with van der Waals surface area (Å²) in [7, 11) is 0. The highest BCUT2D eigenvalue weighted by molar-refractivity contribution is 5.76. The molecule has 3 rings (SSSR count). The summed E-state index contributed by atoms with van der Waals surface area (Å²) in [6.07, 6.45) is 1.39. The Morgan fingerprint density at radius 1 is 1.32 bits per heavy atom. The average molecular weight is 258 g/mol. The van der Waals surface area contributed by atoms with Crippen LogP contribution in [0.15, 0.2) is 44.5 Å². The molecular weight excluding hydrogens is 248 g/mol. The fraction of sp³-hybridized carbons (Fsp3) is 0.0833. The van der Waals surface area contributed by atoms with Gasteiger partial charge in [-0.3, -0.25) is 14.3 Å². The maximum Gasteiger partial charge on any atom is 0.328 e. The third-order valence-corrected chi connectivity index (χ3v) is 2.66. The van der Waals surface area contributed by atoms with E-state index in [1.807, 2.05) is 0 Å². The van der Waals surface area contributed by atoms with Gasteiger partial charge in [0.1, 0.15) is 12.1 Å². The largest absolute Gasteiger partial charge is 0.439 e. The van der Waals surface area contributed by atoms with Gasteiger partial charge in [0.25, 0.3) is 5.56 Å². The summed E-state index contributed by atoms with van der Waals surface area (Å²) in [6.45, 7) is 0.143. The summed E-state index contributed by atoms with van der Waals surface area (Å²) < 4.78 is 6.80. The molecule has 0 amide bonds. The molecule has 0 fully saturated rings. The van der Waals surface area contributed by atoms with Crippen molar-refractivity contribution >= 4 is 16.8 Å². The molecule has 1 aromatic carbocycles. The van der Waals surface area contributed by atoms with Crippen molar-refractivity contribution in [2.24, 2.45) is 0 Å². The molecule has 0 aliphatic carbocycles. The van der Waals surface area contributed by atoms with E-state index >= 15 is 0 Å². The Morgan fingerprint density at radius 2 is 2.16 bits per heavy atom. The van der Waals surface area contributed by atoms with Gasteiger partial charge in [-0.25, -0.2) is 9.78 Å². The lowest BCUT2D eigenvalue weighted by Gasteiger charge is -1.99. The monoisotopic (exact) mass is 258 g/mol. The minimum Gasteiger partial charge on any atom is -0.439 e. The van der Waals surface area contributed by atoms with Crippen LogP contribution in [0.1, 0.15) is 5.89 Å². The van der Waals surface area contributed by atoms with Gasteiger partial charge in [0.05, 0.1) is 0 Å². The lowest BCUT2D eigenvalue weighted by molar-refractivity contribution is 0.500. The van der Waals surface area contributed by atoms with E-state index in [1.54, 1.807) is 18.2 Å². The highest BCUT2D eigenvalue weighted by Gasteiger charge is 2.07. The Morgan fingerprint density at radius 3 is 2.95 bits per heavy atom. The molecule has 3 aromatic rings. The van der Waals surface area contributed by atoms with E-state index in [-0.39, 0.29) is 6.54 Å². The summed E-state index contributed by atoms with van der Waals surface area (Å²) >= 11 is 0. The molecule has 0 bridgehead atoms. The quantitative estimate of drug-likeness (QED) is 0.643. The van der Waals surface area contributed by atoms with Crippen molar-refractivity contribution in [1.82, 2.24) is 14.5 Å². The number of oxazole rings is 1. The number of anilines is 1. The molecule has 3 N–H and O–H groups in total. The van der Waals surface area contributed by atoms with Crippen molar-refractivity contribution in [2.45, 2.75) is 6.54 Å². The Labute approximate surface area is 106 Å². The fourth-order valence-electron chi connectivity index (χ4n) is 1.77. The van der Waals surface area contributed by atoms with Crippen LogP contribution < -0.4 is 17.0 Å². The zero-order valence-electron chi connectivity index (χ0n) is 9.79. The highest BCUT2D eigenvalue weighted by Crippen LogP contribution is 2.18. The van der Waals surface area contributed by atoms with Gasteiger partial charge in [-0.05, 0) is 12.1 Å². The maximum atomic E-state index is 11.5. The first-order chi connectivity index (χ1) is 9.11. The molecule has 0 aliphatic heterocycles. The van der Waals surface area contributed by atoms with Gasteiger partial charge in [-0.2, -0.15) is 0 Å². The molecule has 7 nitrogen and oxygen atoms in total. The van der Waals surface area contributed by atoms with E-state index < -0.39 is 11.2 Å². The number of nitrogen functional groups attached to an aromatic ring is 1. The van der Waals surface area contributed by atoms with Crippen molar-refractivity contribution in [3.63, 3.8) is 0 Å². The molecule has 0 unspecified atom stereocenters.